The summed E-state index contributed by atoms with van der Waals surface area (Å²) in [5.41, 5.74) is 1.57. The second-order valence-electron chi connectivity index (χ2n) is 3.04. The molecule has 1 aliphatic carbocycles. The lowest BCUT2D eigenvalue weighted by Gasteiger charge is -1.99. The number of hydrogen-bond donors (Lipinski definition) is 0. The average molecular weight is 236 g/mol. The molecule has 0 unspecified atom stereocenters. The second kappa shape index (κ2) is 2.97. The maximum atomic E-state index is 11.4. The number of carbonyl (C=O) groups excluding carboxylic acids is 1. The lowest BCUT2D eigenvalue weighted by molar-refractivity contribution is 0.0992. The van der Waals surface area contributed by atoms with Crippen molar-refractivity contribution in [3.8, 4) is 6.07 Å². The first-order chi connectivity index (χ1) is 6.22. The van der Waals surface area contributed by atoms with Gasteiger partial charge < -0.3 is 0 Å². The van der Waals surface area contributed by atoms with Gasteiger partial charge in [-0.15, -0.1) is 0 Å². The summed E-state index contributed by atoms with van der Waals surface area (Å²) >= 11 is 3.30. The van der Waals surface area contributed by atoms with Crippen LogP contribution in [0.3, 0.4) is 0 Å². The smallest absolute Gasteiger partial charge is 0.164 e. The van der Waals surface area contributed by atoms with E-state index in [0.717, 1.165) is 10.0 Å². The van der Waals surface area contributed by atoms with E-state index < -0.39 is 0 Å². The molecule has 0 radical (unpaired) electrons. The highest BCUT2D eigenvalue weighted by Gasteiger charge is 2.28. The molecule has 0 heterocycles. The fourth-order valence-electron chi connectivity index (χ4n) is 1.59. The van der Waals surface area contributed by atoms with Gasteiger partial charge in [-0.25, -0.2) is 0 Å². The summed E-state index contributed by atoms with van der Waals surface area (Å²) in [7, 11) is 0. The number of fused-ring (bicyclic) bond motifs is 1. The highest BCUT2D eigenvalue weighted by molar-refractivity contribution is 9.10. The zero-order valence-electron chi connectivity index (χ0n) is 6.75. The molecule has 2 nitrogen and oxygen atoms in total. The predicted octanol–water partition coefficient (Wildman–Crippen LogP) is 2.64. The zero-order valence-corrected chi connectivity index (χ0v) is 8.34. The standard InChI is InChI=1S/C10H6BrNO/c11-7-1-2-8-6(5-12)3-10(13)9(8)4-7/h1-2,4,6H,3H2/t6-/m0/s1. The largest absolute Gasteiger partial charge is 0.294 e. The Morgan fingerprint density at radius 2 is 2.31 bits per heavy atom. The molecule has 0 bridgehead atoms. The van der Waals surface area contributed by atoms with Crippen LogP contribution in [0.1, 0.15) is 28.3 Å². The van der Waals surface area contributed by atoms with Crippen LogP contribution in [0, 0.1) is 11.3 Å². The number of benzene rings is 1. The number of nitriles is 1. The number of rotatable bonds is 0. The van der Waals surface area contributed by atoms with Crippen molar-refractivity contribution >= 4 is 21.7 Å². The van der Waals surface area contributed by atoms with Gasteiger partial charge in [-0.2, -0.15) is 5.26 Å². The van der Waals surface area contributed by atoms with E-state index in [4.69, 9.17) is 5.26 Å². The molecule has 0 amide bonds. The Kier molecular flexibility index (Phi) is 1.93. The van der Waals surface area contributed by atoms with Gasteiger partial charge in [-0.05, 0) is 17.7 Å². The Labute approximate surface area is 84.3 Å². The zero-order chi connectivity index (χ0) is 9.42. The van der Waals surface area contributed by atoms with Crippen molar-refractivity contribution in [1.82, 2.24) is 0 Å². The van der Waals surface area contributed by atoms with E-state index in [-0.39, 0.29) is 11.7 Å². The van der Waals surface area contributed by atoms with E-state index >= 15 is 0 Å². The highest BCUT2D eigenvalue weighted by atomic mass is 79.9. The summed E-state index contributed by atoms with van der Waals surface area (Å²) in [6.07, 6.45) is 0.336. The molecule has 0 N–H and O–H groups in total. The van der Waals surface area contributed by atoms with Gasteiger partial charge >= 0.3 is 0 Å². The van der Waals surface area contributed by atoms with E-state index in [9.17, 15) is 4.79 Å². The number of nitrogens with zero attached hydrogens (tertiary/aromatic N) is 1. The molecular formula is C10H6BrNO. The quantitative estimate of drug-likeness (QED) is 0.694. The minimum absolute atomic E-state index is 0.0721. The molecular weight excluding hydrogens is 230 g/mol. The van der Waals surface area contributed by atoms with Crippen molar-refractivity contribution in [2.45, 2.75) is 12.3 Å². The van der Waals surface area contributed by atoms with Gasteiger partial charge in [0, 0.05) is 16.5 Å². The Bertz CT molecular complexity index is 419. The van der Waals surface area contributed by atoms with Crippen molar-refractivity contribution in [2.75, 3.05) is 0 Å². The molecule has 0 aromatic heterocycles. The van der Waals surface area contributed by atoms with Gasteiger partial charge in [-0.3, -0.25) is 4.79 Å². The van der Waals surface area contributed by atoms with Crippen LogP contribution >= 0.6 is 15.9 Å². The van der Waals surface area contributed by atoms with Crippen molar-refractivity contribution < 1.29 is 4.79 Å². The third kappa shape index (κ3) is 1.27. The number of hydrogen-bond acceptors (Lipinski definition) is 2. The molecule has 2 rings (SSSR count). The van der Waals surface area contributed by atoms with E-state index in [1.807, 2.05) is 12.1 Å². The number of Topliss-reactive ketones (excluding diaryl/α,β-unsaturated/α-hetero) is 1. The predicted molar refractivity (Wildman–Crippen MR) is 51.4 cm³/mol. The fraction of sp³-hybridized carbons (Fsp3) is 0.200. The molecule has 0 aliphatic heterocycles. The van der Waals surface area contributed by atoms with Crippen LogP contribution < -0.4 is 0 Å². The number of carbonyl (C=O) groups is 1. The first-order valence-electron chi connectivity index (χ1n) is 3.94. The van der Waals surface area contributed by atoms with Crippen LogP contribution in [0.15, 0.2) is 22.7 Å². The molecule has 1 atom stereocenters. The average Bonchev–Trinajstić information content (AvgIpc) is 2.43. The van der Waals surface area contributed by atoms with Gasteiger partial charge in [0.2, 0.25) is 0 Å². The topological polar surface area (TPSA) is 40.9 Å². The van der Waals surface area contributed by atoms with Crippen molar-refractivity contribution in [3.63, 3.8) is 0 Å². The van der Waals surface area contributed by atoms with Crippen LogP contribution in [0.4, 0.5) is 0 Å². The Morgan fingerprint density at radius 3 is 3.00 bits per heavy atom. The minimum Gasteiger partial charge on any atom is -0.294 e. The lowest BCUT2D eigenvalue weighted by Crippen LogP contribution is -1.90. The third-order valence-electron chi connectivity index (χ3n) is 2.24. The Hall–Kier alpha value is -1.14. The number of halogens is 1. The molecule has 1 aliphatic rings. The van der Waals surface area contributed by atoms with Crippen molar-refractivity contribution in [1.29, 1.82) is 5.26 Å². The van der Waals surface area contributed by atoms with Gasteiger partial charge in [0.1, 0.15) is 0 Å². The third-order valence-corrected chi connectivity index (χ3v) is 2.73. The van der Waals surface area contributed by atoms with Gasteiger partial charge in [0.25, 0.3) is 0 Å². The van der Waals surface area contributed by atoms with E-state index in [1.165, 1.54) is 0 Å². The minimum atomic E-state index is -0.240. The maximum absolute atomic E-state index is 11.4. The second-order valence-corrected chi connectivity index (χ2v) is 3.96. The molecule has 0 saturated heterocycles. The normalized spacial score (nSPS) is 19.7. The SMILES string of the molecule is N#C[C@@H]1CC(=O)c2cc(Br)ccc21. The molecule has 0 fully saturated rings. The van der Waals surface area contributed by atoms with Crippen LogP contribution in [-0.4, -0.2) is 5.78 Å². The van der Waals surface area contributed by atoms with Crippen LogP contribution in [0.5, 0.6) is 0 Å². The lowest BCUT2D eigenvalue weighted by atomic mass is 10.0. The molecule has 1 aromatic carbocycles. The number of ketones is 1. The molecule has 13 heavy (non-hydrogen) atoms. The summed E-state index contributed by atoms with van der Waals surface area (Å²) in [4.78, 5) is 11.4. The first kappa shape index (κ1) is 8.46. The molecule has 3 heteroatoms. The fourth-order valence-corrected chi connectivity index (χ4v) is 1.96. The van der Waals surface area contributed by atoms with Crippen LogP contribution in [-0.2, 0) is 0 Å². The maximum Gasteiger partial charge on any atom is 0.164 e. The van der Waals surface area contributed by atoms with Gasteiger partial charge in [0.15, 0.2) is 5.78 Å². The summed E-state index contributed by atoms with van der Waals surface area (Å²) in [5.74, 6) is -0.168. The summed E-state index contributed by atoms with van der Waals surface area (Å²) in [6.45, 7) is 0. The summed E-state index contributed by atoms with van der Waals surface area (Å²) in [6, 6.07) is 7.63. The highest BCUT2D eigenvalue weighted by Crippen LogP contribution is 2.33. The van der Waals surface area contributed by atoms with E-state index in [2.05, 4.69) is 22.0 Å². The molecule has 0 spiro atoms. The van der Waals surface area contributed by atoms with E-state index in [1.54, 1.807) is 6.07 Å². The van der Waals surface area contributed by atoms with Crippen LogP contribution in [0.2, 0.25) is 0 Å². The summed E-state index contributed by atoms with van der Waals surface area (Å²) in [5, 5.41) is 8.79. The summed E-state index contributed by atoms with van der Waals surface area (Å²) < 4.78 is 0.887. The molecule has 64 valence electrons. The van der Waals surface area contributed by atoms with Crippen molar-refractivity contribution in [2.24, 2.45) is 0 Å². The van der Waals surface area contributed by atoms with Gasteiger partial charge in [-0.1, -0.05) is 22.0 Å². The van der Waals surface area contributed by atoms with E-state index in [0.29, 0.717) is 12.0 Å². The Morgan fingerprint density at radius 1 is 1.54 bits per heavy atom. The van der Waals surface area contributed by atoms with Gasteiger partial charge in [0.05, 0.1) is 12.0 Å². The van der Waals surface area contributed by atoms with Crippen molar-refractivity contribution in [3.05, 3.63) is 33.8 Å². The monoisotopic (exact) mass is 235 g/mol. The molecule has 1 aromatic rings. The molecule has 0 saturated carbocycles. The first-order valence-corrected chi connectivity index (χ1v) is 4.74. The Balaban J connectivity index is 2.60. The van der Waals surface area contributed by atoms with Crippen LogP contribution in [0.25, 0.3) is 0 Å².